The van der Waals surface area contributed by atoms with E-state index in [2.05, 4.69) is 15.2 Å². The third kappa shape index (κ3) is 3.23. The summed E-state index contributed by atoms with van der Waals surface area (Å²) in [5.74, 6) is 1.53. The van der Waals surface area contributed by atoms with Crippen molar-refractivity contribution in [2.45, 2.75) is 36.2 Å². The number of nitrogens with two attached hydrogens (primary N) is 1. The molecule has 0 aliphatic rings. The van der Waals surface area contributed by atoms with Crippen molar-refractivity contribution in [1.29, 1.82) is 0 Å². The quantitative estimate of drug-likeness (QED) is 0.694. The van der Waals surface area contributed by atoms with Gasteiger partial charge in [0.25, 0.3) is 0 Å². The van der Waals surface area contributed by atoms with E-state index in [4.69, 9.17) is 9.56 Å². The first-order chi connectivity index (χ1) is 10.9. The van der Waals surface area contributed by atoms with Gasteiger partial charge in [-0.2, -0.15) is 0 Å². The zero-order valence-electron chi connectivity index (χ0n) is 12.6. The van der Waals surface area contributed by atoms with Crippen LogP contribution in [0.3, 0.4) is 0 Å². The van der Waals surface area contributed by atoms with Gasteiger partial charge in [-0.25, -0.2) is 18.5 Å². The minimum atomic E-state index is -3.75. The third-order valence-corrected chi connectivity index (χ3v) is 5.09. The van der Waals surface area contributed by atoms with Gasteiger partial charge in [0, 0.05) is 13.5 Å². The minimum absolute atomic E-state index is 0.0508. The van der Waals surface area contributed by atoms with Crippen molar-refractivity contribution in [2.75, 3.05) is 0 Å². The molecule has 8 nitrogen and oxygen atoms in total. The molecule has 0 bridgehead atoms. The maximum absolute atomic E-state index is 11.5. The van der Waals surface area contributed by atoms with E-state index in [0.29, 0.717) is 29.6 Å². The number of thioether (sulfide) groups is 1. The van der Waals surface area contributed by atoms with Gasteiger partial charge in [0.15, 0.2) is 5.16 Å². The van der Waals surface area contributed by atoms with Gasteiger partial charge in [-0.05, 0) is 25.1 Å². The summed E-state index contributed by atoms with van der Waals surface area (Å²) >= 11 is 1.45. The molecule has 0 saturated heterocycles. The molecule has 23 heavy (non-hydrogen) atoms. The first-order valence-electron chi connectivity index (χ1n) is 6.83. The second kappa shape index (κ2) is 5.95. The lowest BCUT2D eigenvalue weighted by Gasteiger charge is -2.04. The number of nitrogens with zero attached hydrogens (tertiary/aromatic N) is 4. The summed E-state index contributed by atoms with van der Waals surface area (Å²) in [6.45, 7) is 4.43. The second-order valence-corrected chi connectivity index (χ2v) is 7.34. The fourth-order valence-corrected chi connectivity index (χ4v) is 3.65. The van der Waals surface area contributed by atoms with Crippen LogP contribution in [-0.4, -0.2) is 28.2 Å². The summed E-state index contributed by atoms with van der Waals surface area (Å²) in [5.41, 5.74) is 1.44. The topological polar surface area (TPSA) is 117 Å². The van der Waals surface area contributed by atoms with Gasteiger partial charge >= 0.3 is 0 Å². The second-order valence-electron chi connectivity index (χ2n) is 4.84. The number of aromatic nitrogens is 4. The highest BCUT2D eigenvalue weighted by molar-refractivity contribution is 7.98. The Labute approximate surface area is 137 Å². The molecule has 10 heteroatoms. The Morgan fingerprint density at radius 2 is 2.13 bits per heavy atom. The number of benzene rings is 1. The first kappa shape index (κ1) is 16.0. The number of hydrogen-bond acceptors (Lipinski definition) is 7. The van der Waals surface area contributed by atoms with Gasteiger partial charge < -0.3 is 8.98 Å². The maximum Gasteiger partial charge on any atom is 0.238 e. The maximum atomic E-state index is 11.5. The predicted molar refractivity (Wildman–Crippen MR) is 85.4 cm³/mol. The lowest BCUT2D eigenvalue weighted by Crippen LogP contribution is -2.11. The molecular weight excluding hydrogens is 338 g/mol. The first-order valence-corrected chi connectivity index (χ1v) is 9.36. The molecule has 2 N–H and O–H groups in total. The normalized spacial score (nSPS) is 12.1. The zero-order valence-corrected chi connectivity index (χ0v) is 14.2. The summed E-state index contributed by atoms with van der Waals surface area (Å²) in [5, 5.41) is 13.7. The van der Waals surface area contributed by atoms with Crippen LogP contribution in [0.2, 0.25) is 0 Å². The average molecular weight is 353 g/mol. The average Bonchev–Trinajstić information content (AvgIpc) is 3.06. The van der Waals surface area contributed by atoms with Crippen molar-refractivity contribution in [3.8, 4) is 0 Å². The molecule has 2 aromatic heterocycles. The van der Waals surface area contributed by atoms with Gasteiger partial charge in [0.1, 0.15) is 0 Å². The van der Waals surface area contributed by atoms with Crippen LogP contribution < -0.4 is 5.14 Å². The summed E-state index contributed by atoms with van der Waals surface area (Å²) in [6.07, 6.45) is 0. The van der Waals surface area contributed by atoms with Gasteiger partial charge in [-0.1, -0.05) is 11.8 Å². The molecule has 0 unspecified atom stereocenters. The molecule has 0 fully saturated rings. The van der Waals surface area contributed by atoms with E-state index >= 15 is 0 Å². The number of rotatable bonds is 5. The molecule has 0 radical (unpaired) electrons. The number of sulfonamides is 1. The van der Waals surface area contributed by atoms with Crippen LogP contribution in [0.15, 0.2) is 32.7 Å². The van der Waals surface area contributed by atoms with Gasteiger partial charge in [0.2, 0.25) is 21.8 Å². The Kier molecular flexibility index (Phi) is 4.13. The molecule has 122 valence electrons. The lowest BCUT2D eigenvalue weighted by molar-refractivity contribution is 0.485. The van der Waals surface area contributed by atoms with Crippen LogP contribution in [0.25, 0.3) is 11.0 Å². The Morgan fingerprint density at radius 1 is 1.35 bits per heavy atom. The highest BCUT2D eigenvalue weighted by Gasteiger charge is 2.15. The number of aryl methyl sites for hydroxylation is 2. The molecule has 0 saturated carbocycles. The Bertz CT molecular complexity index is 961. The highest BCUT2D eigenvalue weighted by Crippen LogP contribution is 2.27. The van der Waals surface area contributed by atoms with Gasteiger partial charge in [-0.15, -0.1) is 10.2 Å². The van der Waals surface area contributed by atoms with E-state index in [1.807, 2.05) is 11.5 Å². The number of primary sulfonamides is 1. The highest BCUT2D eigenvalue weighted by atomic mass is 32.2. The Morgan fingerprint density at radius 3 is 2.74 bits per heavy atom. The molecule has 3 aromatic rings. The Hall–Kier alpha value is -1.91. The van der Waals surface area contributed by atoms with Crippen LogP contribution >= 0.6 is 11.8 Å². The van der Waals surface area contributed by atoms with Crippen molar-refractivity contribution in [3.63, 3.8) is 0 Å². The van der Waals surface area contributed by atoms with E-state index in [-0.39, 0.29) is 4.90 Å². The van der Waals surface area contributed by atoms with Crippen LogP contribution in [0, 0.1) is 6.92 Å². The number of imidazole rings is 1. The molecule has 3 rings (SSSR count). The minimum Gasteiger partial charge on any atom is -0.425 e. The van der Waals surface area contributed by atoms with Crippen LogP contribution in [0.1, 0.15) is 18.7 Å². The molecule has 0 atom stereocenters. The van der Waals surface area contributed by atoms with E-state index in [9.17, 15) is 8.42 Å². The standard InChI is InChI=1S/C13H15N5O3S2/c1-3-18-11-5-4-9(23(14,19)20)6-10(11)15-13(18)22-7-12-17-16-8(2)21-12/h4-6H,3,7H2,1-2H3,(H2,14,19,20). The summed E-state index contributed by atoms with van der Waals surface area (Å²) in [7, 11) is -3.75. The van der Waals surface area contributed by atoms with Crippen LogP contribution in [0.4, 0.5) is 0 Å². The SMILES string of the molecule is CCn1c(SCc2nnc(C)o2)nc2cc(S(N)(=O)=O)ccc21. The fourth-order valence-electron chi connectivity index (χ4n) is 2.20. The van der Waals surface area contributed by atoms with E-state index < -0.39 is 10.0 Å². The number of hydrogen-bond donors (Lipinski definition) is 1. The molecule has 1 aromatic carbocycles. The molecule has 0 spiro atoms. The molecular formula is C13H15N5O3S2. The van der Waals surface area contributed by atoms with Gasteiger partial charge in [0.05, 0.1) is 21.7 Å². The monoisotopic (exact) mass is 353 g/mol. The molecule has 0 amide bonds. The van der Waals surface area contributed by atoms with E-state index in [1.54, 1.807) is 13.0 Å². The molecule has 2 heterocycles. The van der Waals surface area contributed by atoms with Crippen molar-refractivity contribution in [1.82, 2.24) is 19.7 Å². The van der Waals surface area contributed by atoms with E-state index in [0.717, 1.165) is 10.7 Å². The smallest absolute Gasteiger partial charge is 0.238 e. The molecule has 0 aliphatic heterocycles. The zero-order chi connectivity index (χ0) is 16.6. The van der Waals surface area contributed by atoms with Crippen molar-refractivity contribution in [3.05, 3.63) is 30.0 Å². The molecule has 0 aliphatic carbocycles. The van der Waals surface area contributed by atoms with Crippen molar-refractivity contribution in [2.24, 2.45) is 5.14 Å². The van der Waals surface area contributed by atoms with E-state index in [1.165, 1.54) is 23.9 Å². The largest absolute Gasteiger partial charge is 0.425 e. The third-order valence-electron chi connectivity index (χ3n) is 3.22. The fraction of sp³-hybridized carbons (Fsp3) is 0.308. The Balaban J connectivity index is 1.96. The summed E-state index contributed by atoms with van der Waals surface area (Å²) < 4.78 is 30.3. The van der Waals surface area contributed by atoms with Crippen molar-refractivity contribution >= 4 is 32.8 Å². The van der Waals surface area contributed by atoms with Gasteiger partial charge in [-0.3, -0.25) is 0 Å². The predicted octanol–water partition coefficient (Wildman–Crippen LogP) is 1.69. The van der Waals surface area contributed by atoms with Crippen molar-refractivity contribution < 1.29 is 12.8 Å². The number of fused-ring (bicyclic) bond motifs is 1. The summed E-state index contributed by atoms with van der Waals surface area (Å²) in [4.78, 5) is 4.55. The van der Waals surface area contributed by atoms with Crippen LogP contribution in [-0.2, 0) is 22.3 Å². The van der Waals surface area contributed by atoms with Crippen LogP contribution in [0.5, 0.6) is 0 Å². The summed E-state index contributed by atoms with van der Waals surface area (Å²) in [6, 6.07) is 4.69. The lowest BCUT2D eigenvalue weighted by atomic mass is 10.3.